The lowest BCUT2D eigenvalue weighted by atomic mass is 10.00. The van der Waals surface area contributed by atoms with Crippen molar-refractivity contribution >= 4 is 0 Å². The maximum absolute atomic E-state index is 12.1. The number of alkyl halides is 3. The van der Waals surface area contributed by atoms with Crippen LogP contribution in [0.2, 0.25) is 0 Å². The summed E-state index contributed by atoms with van der Waals surface area (Å²) in [4.78, 5) is 3.88. The fourth-order valence-electron chi connectivity index (χ4n) is 1.51. The molecule has 1 heterocycles. The van der Waals surface area contributed by atoms with Crippen molar-refractivity contribution < 1.29 is 13.2 Å². The standard InChI is InChI=1S/C10H14F3N3/c1-7-6-15-5-3-8(7)9(16-14)2-4-10(11,12)13/h3,5-6,9,16H,2,4,14H2,1H3. The van der Waals surface area contributed by atoms with Crippen molar-refractivity contribution in [3.8, 4) is 0 Å². The molecule has 0 saturated heterocycles. The maximum atomic E-state index is 12.1. The lowest BCUT2D eigenvalue weighted by Crippen LogP contribution is -2.29. The molecule has 0 fully saturated rings. The maximum Gasteiger partial charge on any atom is 0.389 e. The van der Waals surface area contributed by atoms with Gasteiger partial charge in [0, 0.05) is 24.9 Å². The number of nitrogens with two attached hydrogens (primary N) is 1. The number of rotatable bonds is 4. The minimum atomic E-state index is -4.16. The van der Waals surface area contributed by atoms with Crippen LogP contribution in [0, 0.1) is 6.92 Å². The van der Waals surface area contributed by atoms with Crippen LogP contribution in [0.3, 0.4) is 0 Å². The average Bonchev–Trinajstić information content (AvgIpc) is 2.20. The Balaban J connectivity index is 2.72. The van der Waals surface area contributed by atoms with Crippen LogP contribution < -0.4 is 11.3 Å². The number of nitrogens with one attached hydrogen (secondary N) is 1. The summed E-state index contributed by atoms with van der Waals surface area (Å²) in [5.41, 5.74) is 3.98. The van der Waals surface area contributed by atoms with Gasteiger partial charge in [-0.15, -0.1) is 0 Å². The van der Waals surface area contributed by atoms with Gasteiger partial charge in [0.25, 0.3) is 0 Å². The number of hydrogen-bond acceptors (Lipinski definition) is 3. The minimum absolute atomic E-state index is 0.0785. The van der Waals surface area contributed by atoms with Crippen molar-refractivity contribution in [1.29, 1.82) is 0 Å². The molecular formula is C10H14F3N3. The third-order valence-corrected chi connectivity index (χ3v) is 2.36. The molecule has 0 aromatic carbocycles. The van der Waals surface area contributed by atoms with Gasteiger partial charge in [0.2, 0.25) is 0 Å². The number of aromatic nitrogens is 1. The molecule has 1 aromatic heterocycles. The van der Waals surface area contributed by atoms with Gasteiger partial charge in [-0.05, 0) is 30.5 Å². The van der Waals surface area contributed by atoms with Gasteiger partial charge in [-0.1, -0.05) is 0 Å². The zero-order chi connectivity index (χ0) is 12.2. The van der Waals surface area contributed by atoms with E-state index in [0.29, 0.717) is 0 Å². The molecule has 6 heteroatoms. The second-order valence-corrected chi connectivity index (χ2v) is 3.61. The molecule has 0 aliphatic heterocycles. The molecule has 1 unspecified atom stereocenters. The summed E-state index contributed by atoms with van der Waals surface area (Å²) in [6.45, 7) is 1.79. The zero-order valence-corrected chi connectivity index (χ0v) is 8.88. The number of halogens is 3. The third-order valence-electron chi connectivity index (χ3n) is 2.36. The molecular weight excluding hydrogens is 219 g/mol. The number of hydrogen-bond donors (Lipinski definition) is 2. The smallest absolute Gasteiger partial charge is 0.271 e. The summed E-state index contributed by atoms with van der Waals surface area (Å²) in [6.07, 6.45) is -1.95. The molecule has 3 nitrogen and oxygen atoms in total. The highest BCUT2D eigenvalue weighted by Crippen LogP contribution is 2.28. The van der Waals surface area contributed by atoms with E-state index in [1.807, 2.05) is 0 Å². The molecule has 0 radical (unpaired) electrons. The van der Waals surface area contributed by atoms with E-state index in [-0.39, 0.29) is 6.42 Å². The van der Waals surface area contributed by atoms with E-state index < -0.39 is 18.6 Å². The average molecular weight is 233 g/mol. The predicted molar refractivity (Wildman–Crippen MR) is 54.3 cm³/mol. The van der Waals surface area contributed by atoms with Crippen LogP contribution in [0.1, 0.15) is 30.0 Å². The van der Waals surface area contributed by atoms with Crippen molar-refractivity contribution in [1.82, 2.24) is 10.4 Å². The minimum Gasteiger partial charge on any atom is -0.271 e. The quantitative estimate of drug-likeness (QED) is 0.619. The highest BCUT2D eigenvalue weighted by Gasteiger charge is 2.28. The lowest BCUT2D eigenvalue weighted by Gasteiger charge is -2.18. The normalized spacial score (nSPS) is 13.8. The van der Waals surface area contributed by atoms with Crippen molar-refractivity contribution in [3.63, 3.8) is 0 Å². The Kier molecular flexibility index (Phi) is 4.26. The van der Waals surface area contributed by atoms with Gasteiger partial charge in [-0.2, -0.15) is 13.2 Å². The second-order valence-electron chi connectivity index (χ2n) is 3.61. The molecule has 0 spiro atoms. The van der Waals surface area contributed by atoms with E-state index in [1.165, 1.54) is 0 Å². The summed E-state index contributed by atoms with van der Waals surface area (Å²) in [5, 5.41) is 0. The van der Waals surface area contributed by atoms with Gasteiger partial charge >= 0.3 is 6.18 Å². The van der Waals surface area contributed by atoms with Crippen molar-refractivity contribution in [2.24, 2.45) is 5.84 Å². The largest absolute Gasteiger partial charge is 0.389 e. The molecule has 1 rings (SSSR count). The zero-order valence-electron chi connectivity index (χ0n) is 8.88. The summed E-state index contributed by atoms with van der Waals surface area (Å²) < 4.78 is 36.3. The lowest BCUT2D eigenvalue weighted by molar-refractivity contribution is -0.136. The van der Waals surface area contributed by atoms with E-state index in [4.69, 9.17) is 5.84 Å². The molecule has 16 heavy (non-hydrogen) atoms. The van der Waals surface area contributed by atoms with Gasteiger partial charge in [0.05, 0.1) is 0 Å². The van der Waals surface area contributed by atoms with Crippen LogP contribution in [0.5, 0.6) is 0 Å². The van der Waals surface area contributed by atoms with Crippen LogP contribution in [-0.4, -0.2) is 11.2 Å². The van der Waals surface area contributed by atoms with E-state index in [2.05, 4.69) is 10.4 Å². The first-order valence-electron chi connectivity index (χ1n) is 4.87. The molecule has 0 aliphatic rings. The fourth-order valence-corrected chi connectivity index (χ4v) is 1.51. The van der Waals surface area contributed by atoms with E-state index >= 15 is 0 Å². The van der Waals surface area contributed by atoms with Crippen LogP contribution in [0.15, 0.2) is 18.5 Å². The van der Waals surface area contributed by atoms with Gasteiger partial charge in [-0.25, -0.2) is 0 Å². The first-order valence-corrected chi connectivity index (χ1v) is 4.87. The van der Waals surface area contributed by atoms with Crippen LogP contribution in [0.4, 0.5) is 13.2 Å². The highest BCUT2D eigenvalue weighted by atomic mass is 19.4. The van der Waals surface area contributed by atoms with Crippen LogP contribution in [-0.2, 0) is 0 Å². The second kappa shape index (κ2) is 5.27. The van der Waals surface area contributed by atoms with Gasteiger partial charge < -0.3 is 0 Å². The first-order chi connectivity index (χ1) is 7.44. The fraction of sp³-hybridized carbons (Fsp3) is 0.500. The van der Waals surface area contributed by atoms with Gasteiger partial charge in [0.15, 0.2) is 0 Å². The van der Waals surface area contributed by atoms with Gasteiger partial charge in [-0.3, -0.25) is 16.3 Å². The predicted octanol–water partition coefficient (Wildman–Crippen LogP) is 2.24. The van der Waals surface area contributed by atoms with Crippen LogP contribution in [0.25, 0.3) is 0 Å². The molecule has 0 bridgehead atoms. The van der Waals surface area contributed by atoms with Crippen LogP contribution >= 0.6 is 0 Å². The monoisotopic (exact) mass is 233 g/mol. The first kappa shape index (κ1) is 12.9. The molecule has 0 amide bonds. The third kappa shape index (κ3) is 3.79. The molecule has 0 aliphatic carbocycles. The topological polar surface area (TPSA) is 50.9 Å². The molecule has 0 saturated carbocycles. The molecule has 1 aromatic rings. The van der Waals surface area contributed by atoms with E-state index in [9.17, 15) is 13.2 Å². The number of pyridine rings is 1. The Labute approximate surface area is 91.8 Å². The van der Waals surface area contributed by atoms with E-state index in [0.717, 1.165) is 11.1 Å². The Morgan fingerprint density at radius 2 is 2.19 bits per heavy atom. The number of nitrogens with zero attached hydrogens (tertiary/aromatic N) is 1. The Morgan fingerprint density at radius 3 is 2.69 bits per heavy atom. The number of hydrazine groups is 1. The summed E-state index contributed by atoms with van der Waals surface area (Å²) in [5.74, 6) is 5.27. The SMILES string of the molecule is Cc1cnccc1C(CCC(F)(F)F)NN. The molecule has 3 N–H and O–H groups in total. The Hall–Kier alpha value is -1.14. The highest BCUT2D eigenvalue weighted by molar-refractivity contribution is 5.25. The van der Waals surface area contributed by atoms with Crippen molar-refractivity contribution in [2.45, 2.75) is 32.0 Å². The Bertz CT molecular complexity index is 338. The molecule has 1 atom stereocenters. The number of aryl methyl sites for hydroxylation is 1. The van der Waals surface area contributed by atoms with Gasteiger partial charge in [0.1, 0.15) is 0 Å². The summed E-state index contributed by atoms with van der Waals surface area (Å²) >= 11 is 0. The van der Waals surface area contributed by atoms with Crippen molar-refractivity contribution in [3.05, 3.63) is 29.6 Å². The summed E-state index contributed by atoms with van der Waals surface area (Å²) in [6, 6.07) is 1.18. The van der Waals surface area contributed by atoms with E-state index in [1.54, 1.807) is 25.4 Å². The molecule has 90 valence electrons. The summed E-state index contributed by atoms with van der Waals surface area (Å²) in [7, 11) is 0. The van der Waals surface area contributed by atoms with Crippen molar-refractivity contribution in [2.75, 3.05) is 0 Å². The Morgan fingerprint density at radius 1 is 1.50 bits per heavy atom.